The summed E-state index contributed by atoms with van der Waals surface area (Å²) in [6.07, 6.45) is 6.56. The molecule has 1 aromatic carbocycles. The summed E-state index contributed by atoms with van der Waals surface area (Å²) in [4.78, 5) is 2.67. The van der Waals surface area contributed by atoms with Crippen molar-refractivity contribution in [3.8, 4) is 0 Å². The van der Waals surface area contributed by atoms with E-state index >= 15 is 0 Å². The maximum absolute atomic E-state index is 6.37. The van der Waals surface area contributed by atoms with Crippen LogP contribution in [0.25, 0.3) is 0 Å². The van der Waals surface area contributed by atoms with E-state index < -0.39 is 0 Å². The quantitative estimate of drug-likeness (QED) is 0.910. The lowest BCUT2D eigenvalue weighted by atomic mass is 9.76. The maximum Gasteiger partial charge on any atom is 0.0408 e. The van der Waals surface area contributed by atoms with E-state index in [4.69, 9.17) is 17.3 Å². The van der Waals surface area contributed by atoms with Crippen LogP contribution in [-0.2, 0) is 0 Å². The summed E-state index contributed by atoms with van der Waals surface area (Å²) in [5, 5.41) is 0.837. The van der Waals surface area contributed by atoms with E-state index in [9.17, 15) is 0 Å². The summed E-state index contributed by atoms with van der Waals surface area (Å²) < 4.78 is 0. The monoisotopic (exact) mass is 306 g/mol. The molecule has 0 bridgehead atoms. The molecule has 2 N–H and O–H groups in total. The van der Waals surface area contributed by atoms with E-state index in [0.29, 0.717) is 5.92 Å². The maximum atomic E-state index is 6.37. The molecular weight excluding hydrogens is 280 g/mol. The van der Waals surface area contributed by atoms with Crippen molar-refractivity contribution in [2.45, 2.75) is 57.0 Å². The van der Waals surface area contributed by atoms with Gasteiger partial charge in [0.15, 0.2) is 0 Å². The Hall–Kier alpha value is -0.570. The van der Waals surface area contributed by atoms with Crippen molar-refractivity contribution in [3.05, 3.63) is 34.9 Å². The van der Waals surface area contributed by atoms with Crippen LogP contribution in [0.1, 0.15) is 50.5 Å². The molecule has 3 atom stereocenters. The van der Waals surface area contributed by atoms with Crippen molar-refractivity contribution in [1.82, 2.24) is 4.90 Å². The topological polar surface area (TPSA) is 29.3 Å². The molecule has 2 aliphatic rings. The molecule has 0 radical (unpaired) electrons. The highest BCUT2D eigenvalue weighted by Gasteiger charge is 2.35. The number of piperidine rings is 1. The van der Waals surface area contributed by atoms with Crippen molar-refractivity contribution < 1.29 is 0 Å². The van der Waals surface area contributed by atoms with Crippen LogP contribution in [0.4, 0.5) is 0 Å². The van der Waals surface area contributed by atoms with Crippen LogP contribution >= 0.6 is 11.6 Å². The predicted octanol–water partition coefficient (Wildman–Crippen LogP) is 4.04. The Bertz CT molecular complexity index is 472. The van der Waals surface area contributed by atoms with Crippen molar-refractivity contribution in [3.63, 3.8) is 0 Å². The molecule has 0 amide bonds. The third-order valence-electron chi connectivity index (χ3n) is 5.41. The molecule has 0 aromatic heterocycles. The molecular formula is C18H27ClN2. The fraction of sp³-hybridized carbons (Fsp3) is 0.667. The fourth-order valence-electron chi connectivity index (χ4n) is 4.16. The van der Waals surface area contributed by atoms with Gasteiger partial charge in [-0.15, -0.1) is 0 Å². The van der Waals surface area contributed by atoms with Crippen LogP contribution in [0.3, 0.4) is 0 Å². The molecule has 1 aliphatic carbocycles. The first-order valence-electron chi connectivity index (χ1n) is 8.42. The fourth-order valence-corrected chi connectivity index (χ4v) is 4.36. The Morgan fingerprint density at radius 2 is 2.14 bits per heavy atom. The summed E-state index contributed by atoms with van der Waals surface area (Å²) in [6, 6.07) is 9.35. The second kappa shape index (κ2) is 6.68. The number of rotatable bonds is 4. The standard InChI is InChI=1S/C18H27ClN2/c1-2-18(13-5-3-6-13)21-11-15(10-17(20)12-21)14-7-4-8-16(19)9-14/h4,7-9,13,15,17-18H,2-3,5-6,10-12,20H2,1H3. The molecule has 3 rings (SSSR count). The van der Waals surface area contributed by atoms with Gasteiger partial charge in [-0.3, -0.25) is 4.90 Å². The average Bonchev–Trinajstić information content (AvgIpc) is 2.42. The third-order valence-corrected chi connectivity index (χ3v) is 5.65. The molecule has 116 valence electrons. The van der Waals surface area contributed by atoms with E-state index in [0.717, 1.165) is 36.5 Å². The second-order valence-corrected chi connectivity index (χ2v) is 7.30. The van der Waals surface area contributed by atoms with Gasteiger partial charge in [0.25, 0.3) is 0 Å². The van der Waals surface area contributed by atoms with Crippen LogP contribution in [0.15, 0.2) is 24.3 Å². The molecule has 1 heterocycles. The minimum atomic E-state index is 0.289. The lowest BCUT2D eigenvalue weighted by Crippen LogP contribution is -2.53. The van der Waals surface area contributed by atoms with Crippen molar-refractivity contribution in [2.75, 3.05) is 13.1 Å². The zero-order valence-electron chi connectivity index (χ0n) is 13.0. The number of benzene rings is 1. The highest BCUT2D eigenvalue weighted by molar-refractivity contribution is 6.30. The van der Waals surface area contributed by atoms with Gasteiger partial charge in [0.1, 0.15) is 0 Å². The molecule has 1 saturated heterocycles. The number of nitrogens with two attached hydrogens (primary N) is 1. The molecule has 3 unspecified atom stereocenters. The number of hydrogen-bond donors (Lipinski definition) is 1. The highest BCUT2D eigenvalue weighted by atomic mass is 35.5. The number of hydrogen-bond acceptors (Lipinski definition) is 2. The van der Waals surface area contributed by atoms with Crippen LogP contribution in [0.2, 0.25) is 5.02 Å². The first-order valence-corrected chi connectivity index (χ1v) is 8.80. The summed E-state index contributed by atoms with van der Waals surface area (Å²) >= 11 is 6.16. The Kier molecular flexibility index (Phi) is 4.88. The SMILES string of the molecule is CCC(C1CCC1)N1CC(N)CC(c2cccc(Cl)c2)C1. The Morgan fingerprint density at radius 1 is 1.33 bits per heavy atom. The van der Waals surface area contributed by atoms with Gasteiger partial charge in [-0.25, -0.2) is 0 Å². The molecule has 0 spiro atoms. The third kappa shape index (κ3) is 3.44. The highest BCUT2D eigenvalue weighted by Crippen LogP contribution is 2.37. The van der Waals surface area contributed by atoms with Gasteiger partial charge in [0.2, 0.25) is 0 Å². The van der Waals surface area contributed by atoms with E-state index in [1.807, 2.05) is 6.07 Å². The van der Waals surface area contributed by atoms with Gasteiger partial charge in [0, 0.05) is 30.2 Å². The van der Waals surface area contributed by atoms with Gasteiger partial charge < -0.3 is 5.73 Å². The molecule has 3 heteroatoms. The van der Waals surface area contributed by atoms with Gasteiger partial charge in [-0.05, 0) is 55.2 Å². The van der Waals surface area contributed by atoms with Crippen LogP contribution in [-0.4, -0.2) is 30.1 Å². The van der Waals surface area contributed by atoms with Crippen molar-refractivity contribution >= 4 is 11.6 Å². The lowest BCUT2D eigenvalue weighted by Gasteiger charge is -2.46. The van der Waals surface area contributed by atoms with Crippen LogP contribution in [0, 0.1) is 5.92 Å². The number of halogens is 1. The predicted molar refractivity (Wildman–Crippen MR) is 89.8 cm³/mol. The van der Waals surface area contributed by atoms with E-state index in [1.54, 1.807) is 0 Å². The molecule has 1 aromatic rings. The summed E-state index contributed by atoms with van der Waals surface area (Å²) in [5.41, 5.74) is 7.72. The smallest absolute Gasteiger partial charge is 0.0408 e. The number of nitrogens with zero attached hydrogens (tertiary/aromatic N) is 1. The minimum Gasteiger partial charge on any atom is -0.327 e. The second-order valence-electron chi connectivity index (χ2n) is 6.87. The van der Waals surface area contributed by atoms with E-state index in [-0.39, 0.29) is 6.04 Å². The zero-order chi connectivity index (χ0) is 14.8. The Labute approximate surface area is 133 Å². The van der Waals surface area contributed by atoms with Gasteiger partial charge >= 0.3 is 0 Å². The molecule has 2 nitrogen and oxygen atoms in total. The van der Waals surface area contributed by atoms with Gasteiger partial charge in [0.05, 0.1) is 0 Å². The zero-order valence-corrected chi connectivity index (χ0v) is 13.7. The molecule has 2 fully saturated rings. The first kappa shape index (κ1) is 15.3. The Balaban J connectivity index is 1.74. The normalized spacial score (nSPS) is 29.1. The van der Waals surface area contributed by atoms with Crippen molar-refractivity contribution in [1.29, 1.82) is 0 Å². The Morgan fingerprint density at radius 3 is 2.76 bits per heavy atom. The summed E-state index contributed by atoms with van der Waals surface area (Å²) in [6.45, 7) is 4.53. The first-order chi connectivity index (χ1) is 10.2. The molecule has 1 aliphatic heterocycles. The molecule has 21 heavy (non-hydrogen) atoms. The van der Waals surface area contributed by atoms with E-state index in [1.165, 1.54) is 31.2 Å². The van der Waals surface area contributed by atoms with Crippen LogP contribution in [0.5, 0.6) is 0 Å². The van der Waals surface area contributed by atoms with E-state index in [2.05, 4.69) is 30.0 Å². The lowest BCUT2D eigenvalue weighted by molar-refractivity contribution is 0.0605. The number of likely N-dealkylation sites (tertiary alicyclic amines) is 1. The largest absolute Gasteiger partial charge is 0.327 e. The van der Waals surface area contributed by atoms with Crippen molar-refractivity contribution in [2.24, 2.45) is 11.7 Å². The van der Waals surface area contributed by atoms with Gasteiger partial charge in [-0.2, -0.15) is 0 Å². The van der Waals surface area contributed by atoms with Gasteiger partial charge in [-0.1, -0.05) is 37.1 Å². The summed E-state index contributed by atoms with van der Waals surface area (Å²) in [5.74, 6) is 1.43. The average molecular weight is 307 g/mol. The van der Waals surface area contributed by atoms with Crippen LogP contribution < -0.4 is 5.73 Å². The molecule has 1 saturated carbocycles. The minimum absolute atomic E-state index is 0.289. The summed E-state index contributed by atoms with van der Waals surface area (Å²) in [7, 11) is 0.